The van der Waals surface area contributed by atoms with E-state index < -0.39 is 0 Å². The Morgan fingerprint density at radius 2 is 1.74 bits per heavy atom. The third kappa shape index (κ3) is 3.88. The zero-order valence-corrected chi connectivity index (χ0v) is 11.3. The number of nitrogens with two attached hydrogens (primary N) is 1. The molecule has 0 saturated carbocycles. The van der Waals surface area contributed by atoms with E-state index in [1.54, 1.807) is 0 Å². The average molecular weight is 255 g/mol. The fraction of sp³-hybridized carbons (Fsp3) is 0.312. The molecule has 3 heteroatoms. The number of nitrogens with zero attached hydrogens (tertiary/aromatic N) is 1. The van der Waals surface area contributed by atoms with Gasteiger partial charge in [0.25, 0.3) is 0 Å². The predicted octanol–water partition coefficient (Wildman–Crippen LogP) is 2.78. The number of aryl methyl sites for hydroxylation is 2. The van der Waals surface area contributed by atoms with Crippen LogP contribution < -0.4 is 11.3 Å². The molecule has 0 aliphatic rings. The second-order valence-electron chi connectivity index (χ2n) is 4.71. The van der Waals surface area contributed by atoms with E-state index in [9.17, 15) is 0 Å². The third-order valence-electron chi connectivity index (χ3n) is 3.46. The minimum atomic E-state index is 0.194. The maximum Gasteiger partial charge on any atom is 0.0463 e. The van der Waals surface area contributed by atoms with E-state index in [0.29, 0.717) is 0 Å². The topological polar surface area (TPSA) is 50.9 Å². The van der Waals surface area contributed by atoms with Crippen LogP contribution in [0.1, 0.15) is 36.1 Å². The largest absolute Gasteiger partial charge is 0.271 e. The van der Waals surface area contributed by atoms with Crippen molar-refractivity contribution < 1.29 is 0 Å². The van der Waals surface area contributed by atoms with Gasteiger partial charge in [-0.25, -0.2) is 0 Å². The molecule has 2 rings (SSSR count). The highest BCUT2D eigenvalue weighted by atomic mass is 15.2. The van der Waals surface area contributed by atoms with Crippen LogP contribution in [0.4, 0.5) is 0 Å². The SMILES string of the molecule is CCc1ccc(C(CCc2ccncc2)NN)cc1. The summed E-state index contributed by atoms with van der Waals surface area (Å²) in [4.78, 5) is 4.03. The molecule has 100 valence electrons. The van der Waals surface area contributed by atoms with E-state index in [0.717, 1.165) is 19.3 Å². The Morgan fingerprint density at radius 3 is 2.32 bits per heavy atom. The summed E-state index contributed by atoms with van der Waals surface area (Å²) >= 11 is 0. The fourth-order valence-electron chi connectivity index (χ4n) is 2.19. The normalized spacial score (nSPS) is 12.3. The third-order valence-corrected chi connectivity index (χ3v) is 3.46. The lowest BCUT2D eigenvalue weighted by atomic mass is 9.98. The molecule has 0 saturated heterocycles. The summed E-state index contributed by atoms with van der Waals surface area (Å²) < 4.78 is 0. The van der Waals surface area contributed by atoms with E-state index in [1.807, 2.05) is 24.5 Å². The van der Waals surface area contributed by atoms with Crippen molar-refractivity contribution in [2.24, 2.45) is 5.84 Å². The van der Waals surface area contributed by atoms with Gasteiger partial charge in [-0.05, 0) is 48.1 Å². The monoisotopic (exact) mass is 255 g/mol. The van der Waals surface area contributed by atoms with Gasteiger partial charge >= 0.3 is 0 Å². The van der Waals surface area contributed by atoms with Crippen LogP contribution in [0.15, 0.2) is 48.8 Å². The minimum Gasteiger partial charge on any atom is -0.271 e. The van der Waals surface area contributed by atoms with Gasteiger partial charge in [0.2, 0.25) is 0 Å². The second kappa shape index (κ2) is 7.02. The van der Waals surface area contributed by atoms with E-state index >= 15 is 0 Å². The highest BCUT2D eigenvalue weighted by Crippen LogP contribution is 2.19. The molecule has 1 aromatic heterocycles. The molecule has 0 aliphatic heterocycles. The van der Waals surface area contributed by atoms with Gasteiger partial charge < -0.3 is 0 Å². The van der Waals surface area contributed by atoms with Crippen LogP contribution in [-0.4, -0.2) is 4.98 Å². The Balaban J connectivity index is 1.99. The Morgan fingerprint density at radius 1 is 1.05 bits per heavy atom. The van der Waals surface area contributed by atoms with Crippen molar-refractivity contribution in [2.45, 2.75) is 32.2 Å². The van der Waals surface area contributed by atoms with Gasteiger partial charge in [0.1, 0.15) is 0 Å². The molecule has 0 bridgehead atoms. The van der Waals surface area contributed by atoms with Crippen molar-refractivity contribution in [3.8, 4) is 0 Å². The highest BCUT2D eigenvalue weighted by Gasteiger charge is 2.09. The molecule has 1 aromatic carbocycles. The van der Waals surface area contributed by atoms with Crippen molar-refractivity contribution in [2.75, 3.05) is 0 Å². The zero-order valence-electron chi connectivity index (χ0n) is 11.3. The first kappa shape index (κ1) is 13.7. The Bertz CT molecular complexity index is 479. The summed E-state index contributed by atoms with van der Waals surface area (Å²) in [5, 5.41) is 0. The van der Waals surface area contributed by atoms with Crippen LogP contribution in [0.25, 0.3) is 0 Å². The summed E-state index contributed by atoms with van der Waals surface area (Å²) in [7, 11) is 0. The molecular formula is C16H21N3. The lowest BCUT2D eigenvalue weighted by Crippen LogP contribution is -2.28. The smallest absolute Gasteiger partial charge is 0.0463 e. The molecule has 1 unspecified atom stereocenters. The molecule has 1 atom stereocenters. The van der Waals surface area contributed by atoms with Gasteiger partial charge in [-0.3, -0.25) is 16.3 Å². The molecule has 19 heavy (non-hydrogen) atoms. The molecule has 0 aliphatic carbocycles. The first-order valence-corrected chi connectivity index (χ1v) is 6.77. The van der Waals surface area contributed by atoms with Crippen LogP contribution >= 0.6 is 0 Å². The standard InChI is InChI=1S/C16H21N3/c1-2-13-3-6-15(7-4-13)16(19-17)8-5-14-9-11-18-12-10-14/h3-4,6-7,9-12,16,19H,2,5,8,17H2,1H3. The van der Waals surface area contributed by atoms with Crippen LogP contribution in [-0.2, 0) is 12.8 Å². The van der Waals surface area contributed by atoms with E-state index in [1.165, 1.54) is 16.7 Å². The minimum absolute atomic E-state index is 0.194. The van der Waals surface area contributed by atoms with Gasteiger partial charge in [0.05, 0.1) is 0 Å². The van der Waals surface area contributed by atoms with Crippen LogP contribution in [0.2, 0.25) is 0 Å². The predicted molar refractivity (Wildman–Crippen MR) is 78.4 cm³/mol. The van der Waals surface area contributed by atoms with Gasteiger partial charge in [-0.2, -0.15) is 0 Å². The molecule has 3 nitrogen and oxygen atoms in total. The number of benzene rings is 1. The van der Waals surface area contributed by atoms with Crippen molar-refractivity contribution in [1.29, 1.82) is 0 Å². The van der Waals surface area contributed by atoms with Crippen LogP contribution in [0.5, 0.6) is 0 Å². The van der Waals surface area contributed by atoms with Gasteiger partial charge in [0, 0.05) is 18.4 Å². The van der Waals surface area contributed by atoms with E-state index in [2.05, 4.69) is 41.6 Å². The molecule has 0 radical (unpaired) electrons. The Labute approximate surface area is 114 Å². The van der Waals surface area contributed by atoms with Gasteiger partial charge in [-0.15, -0.1) is 0 Å². The van der Waals surface area contributed by atoms with Crippen molar-refractivity contribution >= 4 is 0 Å². The van der Waals surface area contributed by atoms with Gasteiger partial charge in [0.15, 0.2) is 0 Å². The molecule has 0 amide bonds. The quantitative estimate of drug-likeness (QED) is 0.616. The number of rotatable bonds is 6. The fourth-order valence-corrected chi connectivity index (χ4v) is 2.19. The summed E-state index contributed by atoms with van der Waals surface area (Å²) in [6, 6.07) is 13.0. The van der Waals surface area contributed by atoms with Crippen molar-refractivity contribution in [3.63, 3.8) is 0 Å². The highest BCUT2D eigenvalue weighted by molar-refractivity contribution is 5.25. The lowest BCUT2D eigenvalue weighted by molar-refractivity contribution is 0.516. The average Bonchev–Trinajstić information content (AvgIpc) is 2.49. The van der Waals surface area contributed by atoms with Crippen molar-refractivity contribution in [1.82, 2.24) is 10.4 Å². The van der Waals surface area contributed by atoms with Gasteiger partial charge in [-0.1, -0.05) is 31.2 Å². The second-order valence-corrected chi connectivity index (χ2v) is 4.71. The molecule has 0 fully saturated rings. The zero-order chi connectivity index (χ0) is 13.5. The summed E-state index contributed by atoms with van der Waals surface area (Å²) in [6.07, 6.45) is 6.70. The number of aromatic nitrogens is 1. The molecule has 2 aromatic rings. The number of hydrazine groups is 1. The number of pyridine rings is 1. The number of hydrogen-bond donors (Lipinski definition) is 2. The molecule has 3 N–H and O–H groups in total. The van der Waals surface area contributed by atoms with E-state index in [-0.39, 0.29) is 6.04 Å². The van der Waals surface area contributed by atoms with Crippen molar-refractivity contribution in [3.05, 3.63) is 65.5 Å². The summed E-state index contributed by atoms with van der Waals surface area (Å²) in [5.41, 5.74) is 6.80. The molecule has 1 heterocycles. The Kier molecular flexibility index (Phi) is 5.07. The lowest BCUT2D eigenvalue weighted by Gasteiger charge is -2.16. The molecular weight excluding hydrogens is 234 g/mol. The summed E-state index contributed by atoms with van der Waals surface area (Å²) in [6.45, 7) is 2.16. The molecule has 0 spiro atoms. The first-order valence-electron chi connectivity index (χ1n) is 6.77. The number of hydrogen-bond acceptors (Lipinski definition) is 3. The maximum atomic E-state index is 5.68. The number of nitrogens with one attached hydrogen (secondary N) is 1. The maximum absolute atomic E-state index is 5.68. The van der Waals surface area contributed by atoms with Crippen LogP contribution in [0, 0.1) is 0 Å². The summed E-state index contributed by atoms with van der Waals surface area (Å²) in [5.74, 6) is 5.68. The van der Waals surface area contributed by atoms with Crippen LogP contribution in [0.3, 0.4) is 0 Å². The first-order chi connectivity index (χ1) is 9.33. The van der Waals surface area contributed by atoms with E-state index in [4.69, 9.17) is 5.84 Å². The Hall–Kier alpha value is -1.71.